The lowest BCUT2D eigenvalue weighted by atomic mass is 10.1. The van der Waals surface area contributed by atoms with Crippen molar-refractivity contribution >= 4 is 41.0 Å². The summed E-state index contributed by atoms with van der Waals surface area (Å²) in [7, 11) is 3.08. The van der Waals surface area contributed by atoms with Crippen molar-refractivity contribution in [1.82, 2.24) is 0 Å². The van der Waals surface area contributed by atoms with Gasteiger partial charge >= 0.3 is 0 Å². The molecule has 134 valence electrons. The van der Waals surface area contributed by atoms with E-state index in [2.05, 4.69) is 5.32 Å². The quantitative estimate of drug-likeness (QED) is 0.444. The zero-order valence-corrected chi connectivity index (χ0v) is 16.1. The molecule has 0 aliphatic rings. The van der Waals surface area contributed by atoms with E-state index < -0.39 is 5.91 Å². The van der Waals surface area contributed by atoms with Crippen LogP contribution in [0.15, 0.2) is 46.9 Å². The predicted molar refractivity (Wildman–Crippen MR) is 105 cm³/mol. The zero-order chi connectivity index (χ0) is 19.1. The fourth-order valence-electron chi connectivity index (χ4n) is 2.20. The number of anilines is 1. The molecule has 2 aromatic rings. The molecule has 0 aliphatic carbocycles. The summed E-state index contributed by atoms with van der Waals surface area (Å²) in [5, 5.41) is 12.4. The van der Waals surface area contributed by atoms with E-state index in [1.165, 1.54) is 13.2 Å². The smallest absolute Gasteiger partial charge is 0.266 e. The number of nitrogens with zero attached hydrogens (tertiary/aromatic N) is 1. The van der Waals surface area contributed by atoms with Crippen molar-refractivity contribution in [3.63, 3.8) is 0 Å². The van der Waals surface area contributed by atoms with Crippen molar-refractivity contribution < 1.29 is 14.3 Å². The van der Waals surface area contributed by atoms with Crippen molar-refractivity contribution in [3.05, 3.63) is 52.6 Å². The lowest BCUT2D eigenvalue weighted by Gasteiger charge is -2.09. The minimum Gasteiger partial charge on any atom is -0.496 e. The molecule has 0 unspecified atom stereocenters. The van der Waals surface area contributed by atoms with Crippen molar-refractivity contribution in [1.29, 1.82) is 5.26 Å². The molecular formula is C19H17ClN2O3S. The lowest BCUT2D eigenvalue weighted by Crippen LogP contribution is -2.13. The van der Waals surface area contributed by atoms with E-state index in [1.54, 1.807) is 43.1 Å². The van der Waals surface area contributed by atoms with Crippen LogP contribution >= 0.6 is 23.4 Å². The van der Waals surface area contributed by atoms with E-state index in [4.69, 9.17) is 21.1 Å². The van der Waals surface area contributed by atoms with Crippen molar-refractivity contribution in [2.24, 2.45) is 0 Å². The number of hydrogen-bond acceptors (Lipinski definition) is 5. The van der Waals surface area contributed by atoms with Gasteiger partial charge in [-0.2, -0.15) is 5.26 Å². The van der Waals surface area contributed by atoms with Gasteiger partial charge in [0.2, 0.25) is 0 Å². The van der Waals surface area contributed by atoms with Crippen LogP contribution in [-0.2, 0) is 4.79 Å². The van der Waals surface area contributed by atoms with Gasteiger partial charge in [0.15, 0.2) is 0 Å². The number of nitrogens with one attached hydrogen (secondary N) is 1. The molecule has 1 amide bonds. The number of carbonyl (C=O) groups excluding carboxylic acids is 1. The number of nitriles is 1. The first kappa shape index (κ1) is 19.7. The van der Waals surface area contributed by atoms with Gasteiger partial charge in [-0.3, -0.25) is 4.79 Å². The number of halogens is 1. The van der Waals surface area contributed by atoms with Crippen LogP contribution in [0.4, 0.5) is 5.69 Å². The Morgan fingerprint density at radius 3 is 2.50 bits per heavy atom. The summed E-state index contributed by atoms with van der Waals surface area (Å²) >= 11 is 7.60. The van der Waals surface area contributed by atoms with Crippen LogP contribution in [0, 0.1) is 11.3 Å². The second-order valence-corrected chi connectivity index (χ2v) is 6.34. The Morgan fingerprint density at radius 2 is 1.92 bits per heavy atom. The molecule has 2 aromatic carbocycles. The second kappa shape index (κ2) is 9.18. The normalized spacial score (nSPS) is 10.8. The average Bonchev–Trinajstić information content (AvgIpc) is 2.65. The van der Waals surface area contributed by atoms with Crippen LogP contribution in [0.5, 0.6) is 11.5 Å². The van der Waals surface area contributed by atoms with Crippen LogP contribution in [0.2, 0.25) is 5.02 Å². The zero-order valence-electron chi connectivity index (χ0n) is 14.5. The second-order valence-electron chi connectivity index (χ2n) is 5.09. The van der Waals surface area contributed by atoms with E-state index in [9.17, 15) is 10.1 Å². The number of benzene rings is 2. The van der Waals surface area contributed by atoms with Gasteiger partial charge in [0.25, 0.3) is 5.91 Å². The molecule has 0 fully saturated rings. The van der Waals surface area contributed by atoms with Crippen molar-refractivity contribution in [3.8, 4) is 17.6 Å². The Hall–Kier alpha value is -2.62. The molecule has 7 heteroatoms. The Labute approximate surface area is 161 Å². The molecule has 0 saturated heterocycles. The van der Waals surface area contributed by atoms with E-state index >= 15 is 0 Å². The number of amides is 1. The summed E-state index contributed by atoms with van der Waals surface area (Å²) in [6.45, 7) is 0. The number of hydrogen-bond donors (Lipinski definition) is 1. The van der Waals surface area contributed by atoms with Gasteiger partial charge in [0, 0.05) is 10.6 Å². The molecule has 0 aromatic heterocycles. The molecule has 0 radical (unpaired) electrons. The summed E-state index contributed by atoms with van der Waals surface area (Å²) in [6, 6.07) is 12.2. The third-order valence-electron chi connectivity index (χ3n) is 3.49. The molecule has 2 rings (SSSR count). The third kappa shape index (κ3) is 4.72. The molecule has 0 spiro atoms. The van der Waals surface area contributed by atoms with E-state index in [0.29, 0.717) is 27.8 Å². The monoisotopic (exact) mass is 388 g/mol. The molecule has 0 saturated carbocycles. The van der Waals surface area contributed by atoms with Crippen molar-refractivity contribution in [2.75, 3.05) is 25.8 Å². The largest absolute Gasteiger partial charge is 0.496 e. The first-order chi connectivity index (χ1) is 12.5. The first-order valence-electron chi connectivity index (χ1n) is 7.51. The summed E-state index contributed by atoms with van der Waals surface area (Å²) in [6.07, 6.45) is 3.45. The minimum absolute atomic E-state index is 0.0316. The molecular weight excluding hydrogens is 372 g/mol. The Balaban J connectivity index is 2.24. The summed E-state index contributed by atoms with van der Waals surface area (Å²) in [5.41, 5.74) is 1.13. The van der Waals surface area contributed by atoms with Crippen molar-refractivity contribution in [2.45, 2.75) is 4.90 Å². The number of carbonyl (C=O) groups is 1. The Kier molecular flexibility index (Phi) is 6.96. The van der Waals surface area contributed by atoms with Gasteiger partial charge in [-0.1, -0.05) is 17.7 Å². The van der Waals surface area contributed by atoms with Gasteiger partial charge in [-0.25, -0.2) is 0 Å². The highest BCUT2D eigenvalue weighted by molar-refractivity contribution is 7.98. The summed E-state index contributed by atoms with van der Waals surface area (Å²) in [4.78, 5) is 13.4. The maximum absolute atomic E-state index is 12.4. The molecule has 26 heavy (non-hydrogen) atoms. The van der Waals surface area contributed by atoms with Crippen LogP contribution in [0.1, 0.15) is 5.56 Å². The highest BCUT2D eigenvalue weighted by atomic mass is 35.5. The van der Waals surface area contributed by atoms with Crippen LogP contribution in [0.3, 0.4) is 0 Å². The van der Waals surface area contributed by atoms with Crippen LogP contribution in [0.25, 0.3) is 6.08 Å². The third-order valence-corrected chi connectivity index (χ3v) is 4.57. The van der Waals surface area contributed by atoms with E-state index in [0.717, 1.165) is 4.90 Å². The maximum Gasteiger partial charge on any atom is 0.266 e. The Morgan fingerprint density at radius 1 is 1.19 bits per heavy atom. The van der Waals surface area contributed by atoms with Gasteiger partial charge in [0.1, 0.15) is 23.1 Å². The van der Waals surface area contributed by atoms with Gasteiger partial charge in [-0.15, -0.1) is 11.8 Å². The van der Waals surface area contributed by atoms with Gasteiger partial charge in [-0.05, 0) is 48.2 Å². The number of ether oxygens (including phenoxy) is 2. The standard InChI is InChI=1S/C19H17ClN2O3S/c1-24-16-6-5-14(10-15(16)20)22-19(23)13(11-21)8-12-4-7-18(26-3)17(9-12)25-2/h4-10H,1-3H3,(H,22,23). The van der Waals surface area contributed by atoms with Crippen LogP contribution in [-0.4, -0.2) is 26.4 Å². The fraction of sp³-hybridized carbons (Fsp3) is 0.158. The lowest BCUT2D eigenvalue weighted by molar-refractivity contribution is -0.112. The molecule has 1 N–H and O–H groups in total. The summed E-state index contributed by atoms with van der Waals surface area (Å²) in [5.74, 6) is 0.661. The summed E-state index contributed by atoms with van der Waals surface area (Å²) < 4.78 is 10.4. The van der Waals surface area contributed by atoms with Gasteiger partial charge in [0.05, 0.1) is 19.2 Å². The predicted octanol–water partition coefficient (Wildman–Crippen LogP) is 4.62. The fourth-order valence-corrected chi connectivity index (χ4v) is 3.01. The maximum atomic E-state index is 12.4. The molecule has 5 nitrogen and oxygen atoms in total. The number of thioether (sulfide) groups is 1. The topological polar surface area (TPSA) is 71.3 Å². The number of methoxy groups -OCH3 is 2. The number of rotatable bonds is 6. The molecule has 0 atom stereocenters. The first-order valence-corrected chi connectivity index (χ1v) is 9.11. The van der Waals surface area contributed by atoms with Gasteiger partial charge < -0.3 is 14.8 Å². The highest BCUT2D eigenvalue weighted by Crippen LogP contribution is 2.30. The molecule has 0 aliphatic heterocycles. The minimum atomic E-state index is -0.526. The highest BCUT2D eigenvalue weighted by Gasteiger charge is 2.12. The van der Waals surface area contributed by atoms with Crippen LogP contribution < -0.4 is 14.8 Å². The average molecular weight is 389 g/mol. The Bertz CT molecular complexity index is 891. The van der Waals surface area contributed by atoms with E-state index in [1.807, 2.05) is 24.5 Å². The SMILES string of the molecule is COc1ccc(NC(=O)C(C#N)=Cc2ccc(SC)c(OC)c2)cc1Cl. The molecule has 0 heterocycles. The molecule has 0 bridgehead atoms. The van der Waals surface area contributed by atoms with E-state index in [-0.39, 0.29) is 5.57 Å².